The predicted octanol–water partition coefficient (Wildman–Crippen LogP) is 4.49. The van der Waals surface area contributed by atoms with Gasteiger partial charge in [-0.15, -0.1) is 0 Å². The first-order valence-electron chi connectivity index (χ1n) is 10.0. The molecule has 0 atom stereocenters. The Morgan fingerprint density at radius 3 is 2.48 bits per heavy atom. The van der Waals surface area contributed by atoms with E-state index in [2.05, 4.69) is 5.32 Å². The molecule has 2 aliphatic rings. The van der Waals surface area contributed by atoms with Gasteiger partial charge in [-0.25, -0.2) is 0 Å². The maximum absolute atomic E-state index is 12.7. The van der Waals surface area contributed by atoms with Crippen LogP contribution in [0.3, 0.4) is 0 Å². The molecule has 5 nitrogen and oxygen atoms in total. The standard InChI is InChI=1S/C24H22N2O3/c27-23(17-6-7-17)25-20-10-8-16(9-11-20)22-14-19-15-26(13-12-21(19)29-22)24(28)18-4-2-1-3-5-18/h1-5,8-11,14,17H,6-7,12-13,15H2,(H,25,27). The fourth-order valence-electron chi connectivity index (χ4n) is 3.72. The Bertz CT molecular complexity index is 1050. The number of nitrogens with one attached hydrogen (secondary N) is 1. The Hall–Kier alpha value is -3.34. The molecule has 1 aliphatic heterocycles. The van der Waals surface area contributed by atoms with E-state index >= 15 is 0 Å². The highest BCUT2D eigenvalue weighted by molar-refractivity contribution is 5.95. The van der Waals surface area contributed by atoms with E-state index in [1.165, 1.54) is 0 Å². The number of hydrogen-bond acceptors (Lipinski definition) is 3. The van der Waals surface area contributed by atoms with Gasteiger partial charge in [-0.2, -0.15) is 0 Å². The Morgan fingerprint density at radius 2 is 1.76 bits per heavy atom. The Morgan fingerprint density at radius 1 is 1.00 bits per heavy atom. The van der Waals surface area contributed by atoms with Crippen LogP contribution in [0.4, 0.5) is 5.69 Å². The molecule has 1 aromatic heterocycles. The number of fused-ring (bicyclic) bond motifs is 1. The third-order valence-electron chi connectivity index (χ3n) is 5.56. The van der Waals surface area contributed by atoms with Crippen molar-refractivity contribution in [3.05, 3.63) is 77.6 Å². The molecule has 2 amide bonds. The number of carbonyl (C=O) groups excluding carboxylic acids is 2. The Labute approximate surface area is 169 Å². The minimum Gasteiger partial charge on any atom is -0.461 e. The smallest absolute Gasteiger partial charge is 0.254 e. The SMILES string of the molecule is O=C(Nc1ccc(-c2cc3c(o2)CCN(C(=O)c2ccccc2)C3)cc1)C1CC1. The van der Waals surface area contributed by atoms with Gasteiger partial charge in [-0.1, -0.05) is 18.2 Å². The van der Waals surface area contributed by atoms with E-state index in [1.807, 2.05) is 65.6 Å². The molecule has 2 aromatic carbocycles. The zero-order valence-corrected chi connectivity index (χ0v) is 16.1. The number of amides is 2. The molecule has 1 N–H and O–H groups in total. The van der Waals surface area contributed by atoms with Crippen LogP contribution in [0.1, 0.15) is 34.5 Å². The summed E-state index contributed by atoms with van der Waals surface area (Å²) in [6.45, 7) is 1.21. The summed E-state index contributed by atoms with van der Waals surface area (Å²) in [6, 6.07) is 19.1. The second-order valence-electron chi connectivity index (χ2n) is 7.74. The van der Waals surface area contributed by atoms with Crippen molar-refractivity contribution in [2.75, 3.05) is 11.9 Å². The molecule has 0 saturated heterocycles. The van der Waals surface area contributed by atoms with E-state index in [9.17, 15) is 9.59 Å². The van der Waals surface area contributed by atoms with Crippen molar-refractivity contribution in [2.45, 2.75) is 25.8 Å². The molecule has 1 saturated carbocycles. The van der Waals surface area contributed by atoms with Gasteiger partial charge in [0.15, 0.2) is 0 Å². The van der Waals surface area contributed by atoms with Crippen molar-refractivity contribution in [3.63, 3.8) is 0 Å². The molecular formula is C24H22N2O3. The highest BCUT2D eigenvalue weighted by Gasteiger charge is 2.29. The van der Waals surface area contributed by atoms with Crippen molar-refractivity contribution in [2.24, 2.45) is 5.92 Å². The fraction of sp³-hybridized carbons (Fsp3) is 0.250. The van der Waals surface area contributed by atoms with Crippen molar-refractivity contribution < 1.29 is 14.0 Å². The summed E-state index contributed by atoms with van der Waals surface area (Å²) in [6.07, 6.45) is 2.70. The van der Waals surface area contributed by atoms with Gasteiger partial charge in [0.1, 0.15) is 11.5 Å². The Kier molecular flexibility index (Phi) is 4.43. The predicted molar refractivity (Wildman–Crippen MR) is 110 cm³/mol. The van der Waals surface area contributed by atoms with Gasteiger partial charge < -0.3 is 14.6 Å². The van der Waals surface area contributed by atoms with E-state index in [4.69, 9.17) is 4.42 Å². The van der Waals surface area contributed by atoms with E-state index in [-0.39, 0.29) is 17.7 Å². The molecular weight excluding hydrogens is 364 g/mol. The van der Waals surface area contributed by atoms with Gasteiger partial charge in [0.05, 0.1) is 0 Å². The van der Waals surface area contributed by atoms with Gasteiger partial charge in [0, 0.05) is 47.8 Å². The van der Waals surface area contributed by atoms with Crippen molar-refractivity contribution in [1.82, 2.24) is 4.90 Å². The zero-order chi connectivity index (χ0) is 19.8. The molecule has 0 unspecified atom stereocenters. The highest BCUT2D eigenvalue weighted by Crippen LogP contribution is 2.32. The monoisotopic (exact) mass is 386 g/mol. The molecule has 29 heavy (non-hydrogen) atoms. The molecule has 0 radical (unpaired) electrons. The number of nitrogens with zero attached hydrogens (tertiary/aromatic N) is 1. The van der Waals surface area contributed by atoms with Crippen LogP contribution >= 0.6 is 0 Å². The summed E-state index contributed by atoms with van der Waals surface area (Å²) in [5, 5.41) is 2.95. The van der Waals surface area contributed by atoms with Gasteiger partial charge >= 0.3 is 0 Å². The molecule has 0 bridgehead atoms. The Balaban J connectivity index is 1.30. The van der Waals surface area contributed by atoms with E-state index in [1.54, 1.807) is 0 Å². The third kappa shape index (κ3) is 3.68. The highest BCUT2D eigenvalue weighted by atomic mass is 16.3. The van der Waals surface area contributed by atoms with Gasteiger partial charge in [-0.05, 0) is 55.3 Å². The molecule has 146 valence electrons. The average Bonchev–Trinajstić information content (AvgIpc) is 3.53. The van der Waals surface area contributed by atoms with Gasteiger partial charge in [0.25, 0.3) is 5.91 Å². The molecule has 5 heteroatoms. The first-order chi connectivity index (χ1) is 14.2. The number of furan rings is 1. The van der Waals surface area contributed by atoms with Crippen LogP contribution in [0.15, 0.2) is 65.1 Å². The van der Waals surface area contributed by atoms with Crippen LogP contribution in [0.25, 0.3) is 11.3 Å². The molecule has 0 spiro atoms. The number of carbonyl (C=O) groups is 2. The lowest BCUT2D eigenvalue weighted by Gasteiger charge is -2.26. The lowest BCUT2D eigenvalue weighted by molar-refractivity contribution is -0.117. The van der Waals surface area contributed by atoms with E-state index in [0.717, 1.165) is 41.2 Å². The number of anilines is 1. The van der Waals surface area contributed by atoms with E-state index in [0.29, 0.717) is 25.1 Å². The first kappa shape index (κ1) is 17.7. The van der Waals surface area contributed by atoms with Crippen molar-refractivity contribution in [3.8, 4) is 11.3 Å². The summed E-state index contributed by atoms with van der Waals surface area (Å²) >= 11 is 0. The zero-order valence-electron chi connectivity index (χ0n) is 16.1. The number of benzene rings is 2. The quantitative estimate of drug-likeness (QED) is 0.718. The van der Waals surface area contributed by atoms with Gasteiger partial charge in [-0.3, -0.25) is 9.59 Å². The summed E-state index contributed by atoms with van der Waals surface area (Å²) in [5.41, 5.74) is 3.54. The first-order valence-corrected chi connectivity index (χ1v) is 10.0. The molecule has 2 heterocycles. The van der Waals surface area contributed by atoms with Crippen LogP contribution in [0.2, 0.25) is 0 Å². The summed E-state index contributed by atoms with van der Waals surface area (Å²) in [5.74, 6) is 2.09. The lowest BCUT2D eigenvalue weighted by atomic mass is 10.1. The maximum Gasteiger partial charge on any atom is 0.254 e. The van der Waals surface area contributed by atoms with Crippen LogP contribution in [0.5, 0.6) is 0 Å². The summed E-state index contributed by atoms with van der Waals surface area (Å²) < 4.78 is 6.07. The molecule has 3 aromatic rings. The molecule has 1 fully saturated rings. The largest absolute Gasteiger partial charge is 0.461 e. The van der Waals surface area contributed by atoms with Crippen LogP contribution in [0, 0.1) is 5.92 Å². The number of hydrogen-bond donors (Lipinski definition) is 1. The van der Waals surface area contributed by atoms with Crippen LogP contribution in [-0.2, 0) is 17.8 Å². The van der Waals surface area contributed by atoms with E-state index < -0.39 is 0 Å². The summed E-state index contributed by atoms with van der Waals surface area (Å²) in [4.78, 5) is 26.5. The third-order valence-corrected chi connectivity index (χ3v) is 5.56. The van der Waals surface area contributed by atoms with Crippen molar-refractivity contribution >= 4 is 17.5 Å². The lowest BCUT2D eigenvalue weighted by Crippen LogP contribution is -2.35. The maximum atomic E-state index is 12.7. The van der Waals surface area contributed by atoms with Crippen LogP contribution in [-0.4, -0.2) is 23.3 Å². The number of rotatable bonds is 4. The topological polar surface area (TPSA) is 62.6 Å². The minimum absolute atomic E-state index is 0.0507. The van der Waals surface area contributed by atoms with Gasteiger partial charge in [0.2, 0.25) is 5.91 Å². The van der Waals surface area contributed by atoms with Crippen LogP contribution < -0.4 is 5.32 Å². The fourth-order valence-corrected chi connectivity index (χ4v) is 3.72. The summed E-state index contributed by atoms with van der Waals surface area (Å²) in [7, 11) is 0. The molecule has 5 rings (SSSR count). The normalized spacial score (nSPS) is 15.7. The van der Waals surface area contributed by atoms with Crippen molar-refractivity contribution in [1.29, 1.82) is 0 Å². The average molecular weight is 386 g/mol. The second kappa shape index (κ2) is 7.24. The second-order valence-corrected chi connectivity index (χ2v) is 7.74. The molecule has 1 aliphatic carbocycles. The minimum atomic E-state index is 0.0507.